The van der Waals surface area contributed by atoms with E-state index in [4.69, 9.17) is 44.2 Å². The molecule has 1 saturated heterocycles. The molecule has 12 rings (SSSR count). The van der Waals surface area contributed by atoms with Crippen molar-refractivity contribution in [2.45, 2.75) is 141 Å². The molecule has 4 aliphatic carbocycles. The van der Waals surface area contributed by atoms with Crippen LogP contribution in [0.25, 0.3) is 21.3 Å². The van der Waals surface area contributed by atoms with Gasteiger partial charge in [0.25, 0.3) is 5.91 Å². The van der Waals surface area contributed by atoms with E-state index < -0.39 is 66.2 Å². The van der Waals surface area contributed by atoms with Crippen LogP contribution in [-0.2, 0) is 59.4 Å². The van der Waals surface area contributed by atoms with E-state index in [-0.39, 0.29) is 98.3 Å². The van der Waals surface area contributed by atoms with Gasteiger partial charge in [-0.05, 0) is 128 Å². The zero-order valence-electron chi connectivity index (χ0n) is 50.3. The minimum atomic E-state index is -1.92. The molecule has 4 unspecified atom stereocenters. The van der Waals surface area contributed by atoms with E-state index in [1.807, 2.05) is 59.0 Å². The zero-order valence-corrected chi connectivity index (χ0v) is 51.1. The fourth-order valence-electron chi connectivity index (χ4n) is 15.3. The van der Waals surface area contributed by atoms with Gasteiger partial charge in [-0.2, -0.15) is 5.10 Å². The van der Waals surface area contributed by atoms with Crippen molar-refractivity contribution >= 4 is 62.3 Å². The number of ether oxygens (including phenoxy) is 6. The number of nitrogens with zero attached hydrogens (tertiary/aromatic N) is 5. The summed E-state index contributed by atoms with van der Waals surface area (Å²) in [6.07, 6.45) is -1.97. The summed E-state index contributed by atoms with van der Waals surface area (Å²) < 4.78 is 38.2. The second-order valence-electron chi connectivity index (χ2n) is 25.4. The molecule has 480 valence electrons. The third-order valence-electron chi connectivity index (χ3n) is 18.0. The van der Waals surface area contributed by atoms with Crippen LogP contribution in [0.3, 0.4) is 0 Å². The molecule has 0 spiro atoms. The molecule has 8 atom stereocenters. The lowest BCUT2D eigenvalue weighted by Gasteiger charge is -2.69. The molecule has 25 nitrogen and oxygen atoms in total. The lowest BCUT2D eigenvalue weighted by molar-refractivity contribution is -0.271. The molecule has 4 bridgehead atoms. The maximum atomic E-state index is 13.9. The van der Waals surface area contributed by atoms with Crippen molar-refractivity contribution < 1.29 is 83.0 Å². The number of esters is 1. The van der Waals surface area contributed by atoms with E-state index in [1.165, 1.54) is 29.5 Å². The third-order valence-corrected chi connectivity index (χ3v) is 19.0. The zero-order chi connectivity index (χ0) is 63.7. The number of aromatic carboxylic acids is 1. The van der Waals surface area contributed by atoms with Crippen molar-refractivity contribution in [1.29, 1.82) is 0 Å². The molecule has 26 heteroatoms. The molecule has 3 aromatic heterocycles. The van der Waals surface area contributed by atoms with Gasteiger partial charge in [-0.3, -0.25) is 24.4 Å². The van der Waals surface area contributed by atoms with Crippen LogP contribution in [0.2, 0.25) is 0 Å². The number of benzene rings is 3. The van der Waals surface area contributed by atoms with Gasteiger partial charge in [-0.1, -0.05) is 49.4 Å². The highest BCUT2D eigenvalue weighted by molar-refractivity contribution is 7.22. The number of carbonyl (C=O) groups excluding carboxylic acids is 2. The maximum Gasteiger partial charge on any atom is 0.355 e. The summed E-state index contributed by atoms with van der Waals surface area (Å²) in [7, 11) is 0. The molecule has 3 aromatic carbocycles. The number of aliphatic hydroxyl groups excluding tert-OH is 3. The maximum absolute atomic E-state index is 13.9. The quantitative estimate of drug-likeness (QED) is 0.0220. The number of rotatable bonds is 27. The molecule has 10 N–H and O–H groups in total. The average Bonchev–Trinajstić information content (AvgIpc) is 0.734. The van der Waals surface area contributed by atoms with Crippen LogP contribution in [0.4, 0.5) is 10.9 Å². The predicted octanol–water partition coefficient (Wildman–Crippen LogP) is 5.70. The van der Waals surface area contributed by atoms with Crippen molar-refractivity contribution in [3.63, 3.8) is 0 Å². The number of nitrogens with two attached hydrogens (primary N) is 1. The minimum absolute atomic E-state index is 0.00914. The highest BCUT2D eigenvalue weighted by Crippen LogP contribution is 2.72. The average molecular weight is 1260 g/mol. The standard InChI is InChI=1S/C64H76N8O17S/c1-36-42(40-13-15-48(69-50(40)56(79)80)71-20-17-37-7-6-8-41(43(37)27-71)55(78)70-60-68-44-9-4-5-10-47(44)90-60)26-67-72(36)35-63-30-61(2)29-62(3,31-63)33-64(32-61,34-63)87-22-19-66-45(14-16-49(73)74)58(83)86-28-38-11-12-39(25-46(38)85-24-23-84-21-18-65)88-59-53(77)51(75)52(76)54(89-59)57(81)82/h4-13,15,25-26,45,51-54,59,66,75-77H,14,16-24,27-35,65H2,1-3H3,(H,73,74)(H,79,80)(H,81,82)(H,68,70,78)/t45?,51-,52?,53+,54-,59+,61?,62?,63?,64?/m0/s1. The third kappa shape index (κ3) is 13.8. The lowest BCUT2D eigenvalue weighted by atomic mass is 9.39. The Labute approximate surface area is 522 Å². The lowest BCUT2D eigenvalue weighted by Crippen LogP contribution is -2.64. The van der Waals surface area contributed by atoms with Gasteiger partial charge in [0.05, 0.1) is 41.8 Å². The van der Waals surface area contributed by atoms with Crippen molar-refractivity contribution in [1.82, 2.24) is 25.1 Å². The summed E-state index contributed by atoms with van der Waals surface area (Å²) in [4.78, 5) is 75.7. The summed E-state index contributed by atoms with van der Waals surface area (Å²) in [6, 6.07) is 20.3. The SMILES string of the molecule is Cc1c(-c2ccc(N3CCc4cccc(C(=O)Nc5nc6ccccc6s5)c4C3)nc2C(=O)O)cnn1CC12CC3(C)CC(C)(C1)CC(OCCNC(CCC(=O)O)C(=O)OCc1ccc(O[C@@H]4O[C@H](C(=O)O)C(O)[C@H](O)[C@H]4O)cc1OCCOCCN)(C3)C2. The van der Waals surface area contributed by atoms with Crippen LogP contribution in [0, 0.1) is 23.2 Å². The molecule has 2 aliphatic heterocycles. The number of amides is 1. The summed E-state index contributed by atoms with van der Waals surface area (Å²) in [5.41, 5.74) is 10.1. The molecule has 5 heterocycles. The number of carboxylic acid groups (broad SMARTS) is 3. The molecule has 1 amide bonds. The van der Waals surface area contributed by atoms with Gasteiger partial charge in [0, 0.05) is 73.2 Å². The molecule has 90 heavy (non-hydrogen) atoms. The molecular weight excluding hydrogens is 1180 g/mol. The summed E-state index contributed by atoms with van der Waals surface area (Å²) in [5.74, 6) is -4.21. The van der Waals surface area contributed by atoms with Crippen molar-refractivity contribution in [2.24, 2.45) is 22.0 Å². The van der Waals surface area contributed by atoms with Gasteiger partial charge in [0.2, 0.25) is 6.29 Å². The van der Waals surface area contributed by atoms with E-state index in [0.717, 1.165) is 65.6 Å². The first-order valence-electron chi connectivity index (χ1n) is 30.2. The molecule has 6 aliphatic rings. The Bertz CT molecular complexity index is 3620. The smallest absolute Gasteiger partial charge is 0.355 e. The van der Waals surface area contributed by atoms with E-state index in [1.54, 1.807) is 18.3 Å². The number of carbonyl (C=O) groups is 5. The van der Waals surface area contributed by atoms with Crippen LogP contribution in [-0.4, -0.2) is 169 Å². The molecule has 0 radical (unpaired) electrons. The minimum Gasteiger partial charge on any atom is -0.491 e. The first-order chi connectivity index (χ1) is 43.0. The van der Waals surface area contributed by atoms with Crippen LogP contribution in [0.15, 0.2) is 79.0 Å². The van der Waals surface area contributed by atoms with Crippen LogP contribution in [0.1, 0.15) is 108 Å². The van der Waals surface area contributed by atoms with Crippen LogP contribution < -0.4 is 30.7 Å². The first kappa shape index (κ1) is 63.9. The number of anilines is 2. The molecule has 4 saturated carbocycles. The Morgan fingerprint density at radius 2 is 1.64 bits per heavy atom. The Kier molecular flexibility index (Phi) is 18.7. The number of aliphatic carboxylic acids is 2. The second kappa shape index (κ2) is 26.3. The number of nitrogens with one attached hydrogen (secondary N) is 2. The number of hydrogen-bond donors (Lipinski definition) is 9. The highest BCUT2D eigenvalue weighted by atomic mass is 32.1. The number of aromatic nitrogens is 4. The monoisotopic (exact) mass is 1260 g/mol. The van der Waals surface area contributed by atoms with Gasteiger partial charge in [0.1, 0.15) is 54.9 Å². The fraction of sp³-hybridized carbons (Fsp3) is 0.500. The van der Waals surface area contributed by atoms with Crippen LogP contribution in [0.5, 0.6) is 11.5 Å². The van der Waals surface area contributed by atoms with Gasteiger partial charge in [-0.25, -0.2) is 19.6 Å². The van der Waals surface area contributed by atoms with Gasteiger partial charge >= 0.3 is 23.9 Å². The van der Waals surface area contributed by atoms with Gasteiger partial charge < -0.3 is 75.0 Å². The number of hydrogen-bond acceptors (Lipinski definition) is 21. The van der Waals surface area contributed by atoms with E-state index >= 15 is 0 Å². The predicted molar refractivity (Wildman–Crippen MR) is 326 cm³/mol. The van der Waals surface area contributed by atoms with Gasteiger partial charge in [-0.15, -0.1) is 0 Å². The Morgan fingerprint density at radius 1 is 0.856 bits per heavy atom. The van der Waals surface area contributed by atoms with Crippen molar-refractivity contribution in [3.8, 4) is 22.6 Å². The summed E-state index contributed by atoms with van der Waals surface area (Å²) in [6.45, 7) is 8.90. The first-order valence-corrected chi connectivity index (χ1v) is 31.0. The summed E-state index contributed by atoms with van der Waals surface area (Å²) >= 11 is 1.41. The van der Waals surface area contributed by atoms with E-state index in [0.29, 0.717) is 59.3 Å². The normalized spacial score (nSPS) is 26.2. The molecular formula is C64H76N8O17S. The largest absolute Gasteiger partial charge is 0.491 e. The number of para-hydroxylation sites is 1. The highest BCUT2D eigenvalue weighted by Gasteiger charge is 2.66. The van der Waals surface area contributed by atoms with Crippen molar-refractivity contribution in [3.05, 3.63) is 113 Å². The van der Waals surface area contributed by atoms with Crippen molar-refractivity contribution in [2.75, 3.05) is 56.3 Å². The molecule has 5 fully saturated rings. The fourth-order valence-corrected chi connectivity index (χ4v) is 16.1. The van der Waals surface area contributed by atoms with Crippen LogP contribution >= 0.6 is 11.3 Å². The number of pyridine rings is 1. The number of thiazole rings is 1. The van der Waals surface area contributed by atoms with Gasteiger partial charge in [0.15, 0.2) is 16.9 Å². The Hall–Kier alpha value is -7.66. The Morgan fingerprint density at radius 3 is 2.39 bits per heavy atom. The Balaban J connectivity index is 0.739. The van der Waals surface area contributed by atoms with E-state index in [2.05, 4.69) is 29.5 Å². The number of aliphatic hydroxyl groups is 3. The topological polar surface area (TPSA) is 359 Å². The number of fused-ring (bicyclic) bond motifs is 2. The second-order valence-corrected chi connectivity index (χ2v) is 26.4. The van der Waals surface area contributed by atoms with E-state index in [9.17, 15) is 54.6 Å². The summed E-state index contributed by atoms with van der Waals surface area (Å²) in [5, 5.41) is 72.6. The molecule has 6 aromatic rings. The number of carboxylic acids is 3.